The minimum Gasteiger partial charge on any atom is -0.508 e. The normalized spacial score (nSPS) is 10.7. The quantitative estimate of drug-likeness (QED) is 0.731. The van der Waals surface area contributed by atoms with E-state index in [1.54, 1.807) is 18.2 Å². The maximum atomic E-state index is 13.7. The van der Waals surface area contributed by atoms with Crippen LogP contribution >= 0.6 is 0 Å². The molecular weight excluding hydrogens is 179 g/mol. The highest BCUT2D eigenvalue weighted by molar-refractivity contribution is 5.85. The molecule has 0 aliphatic carbocycles. The zero-order valence-electron chi connectivity index (χ0n) is 7.92. The molecule has 0 amide bonds. The maximum Gasteiger partial charge on any atom is 0.134 e. The van der Waals surface area contributed by atoms with E-state index in [9.17, 15) is 9.50 Å². The third kappa shape index (κ3) is 1.33. The van der Waals surface area contributed by atoms with E-state index < -0.39 is 0 Å². The number of rotatable bonds is 1. The van der Waals surface area contributed by atoms with E-state index in [0.717, 1.165) is 5.39 Å². The highest BCUT2D eigenvalue weighted by Crippen LogP contribution is 2.24. The lowest BCUT2D eigenvalue weighted by Crippen LogP contribution is -1.88. The molecule has 0 bridgehead atoms. The molecule has 0 radical (unpaired) electrons. The van der Waals surface area contributed by atoms with Crippen LogP contribution in [0, 0.1) is 5.82 Å². The predicted molar refractivity (Wildman–Crippen MR) is 54.9 cm³/mol. The fourth-order valence-electron chi connectivity index (χ4n) is 1.60. The Kier molecular flexibility index (Phi) is 2.12. The summed E-state index contributed by atoms with van der Waals surface area (Å²) in [4.78, 5) is 0. The molecule has 14 heavy (non-hydrogen) atoms. The molecule has 0 spiro atoms. The standard InChI is InChI=1S/C12H11FO/c1-2-8-3-4-9-7-10(14)5-6-11(9)12(8)13/h3-7,14H,2H2,1H3. The largest absolute Gasteiger partial charge is 0.508 e. The van der Waals surface area contributed by atoms with E-state index in [-0.39, 0.29) is 11.6 Å². The van der Waals surface area contributed by atoms with Gasteiger partial charge in [-0.25, -0.2) is 4.39 Å². The van der Waals surface area contributed by atoms with Crippen molar-refractivity contribution in [1.82, 2.24) is 0 Å². The highest BCUT2D eigenvalue weighted by Gasteiger charge is 2.05. The summed E-state index contributed by atoms with van der Waals surface area (Å²) in [6, 6.07) is 8.27. The Morgan fingerprint density at radius 2 is 2.00 bits per heavy atom. The molecule has 0 saturated carbocycles. The van der Waals surface area contributed by atoms with Crippen LogP contribution in [0.3, 0.4) is 0 Å². The van der Waals surface area contributed by atoms with Gasteiger partial charge in [-0.1, -0.05) is 19.1 Å². The summed E-state index contributed by atoms with van der Waals surface area (Å²) in [7, 11) is 0. The summed E-state index contributed by atoms with van der Waals surface area (Å²) in [6.45, 7) is 1.92. The molecule has 72 valence electrons. The summed E-state index contributed by atoms with van der Waals surface area (Å²) in [5.41, 5.74) is 0.711. The highest BCUT2D eigenvalue weighted by atomic mass is 19.1. The molecule has 0 fully saturated rings. The number of benzene rings is 2. The van der Waals surface area contributed by atoms with Gasteiger partial charge in [-0.15, -0.1) is 0 Å². The van der Waals surface area contributed by atoms with Crippen molar-refractivity contribution >= 4 is 10.8 Å². The van der Waals surface area contributed by atoms with Gasteiger partial charge in [-0.3, -0.25) is 0 Å². The summed E-state index contributed by atoms with van der Waals surface area (Å²) in [6.07, 6.45) is 0.683. The Labute approximate surface area is 81.8 Å². The average Bonchev–Trinajstić information content (AvgIpc) is 2.18. The Balaban J connectivity index is 2.77. The molecule has 2 rings (SSSR count). The number of phenols is 1. The maximum absolute atomic E-state index is 13.7. The molecule has 2 aromatic rings. The van der Waals surface area contributed by atoms with Crippen LogP contribution in [0.4, 0.5) is 4.39 Å². The van der Waals surface area contributed by atoms with E-state index in [4.69, 9.17) is 0 Å². The molecule has 2 aromatic carbocycles. The van der Waals surface area contributed by atoms with E-state index in [1.807, 2.05) is 13.0 Å². The first kappa shape index (κ1) is 9.00. The van der Waals surface area contributed by atoms with Gasteiger partial charge in [0.1, 0.15) is 11.6 Å². The van der Waals surface area contributed by atoms with Gasteiger partial charge in [0.15, 0.2) is 0 Å². The van der Waals surface area contributed by atoms with E-state index in [2.05, 4.69) is 0 Å². The second kappa shape index (κ2) is 3.29. The van der Waals surface area contributed by atoms with Gasteiger partial charge in [-0.2, -0.15) is 0 Å². The first-order valence-corrected chi connectivity index (χ1v) is 4.62. The fourth-order valence-corrected chi connectivity index (χ4v) is 1.60. The summed E-state index contributed by atoms with van der Waals surface area (Å²) < 4.78 is 13.7. The van der Waals surface area contributed by atoms with Gasteiger partial charge < -0.3 is 5.11 Å². The van der Waals surface area contributed by atoms with Crippen molar-refractivity contribution in [3.8, 4) is 5.75 Å². The SMILES string of the molecule is CCc1ccc2cc(O)ccc2c1F. The summed E-state index contributed by atoms with van der Waals surface area (Å²) in [5, 5.41) is 10.5. The van der Waals surface area contributed by atoms with Crippen LogP contribution in [-0.4, -0.2) is 5.11 Å². The Morgan fingerprint density at radius 3 is 2.71 bits per heavy atom. The van der Waals surface area contributed by atoms with Crippen LogP contribution in [-0.2, 0) is 6.42 Å². The number of aryl methyl sites for hydroxylation is 1. The number of hydrogen-bond acceptors (Lipinski definition) is 1. The third-order valence-corrected chi connectivity index (χ3v) is 2.40. The average molecular weight is 190 g/mol. The van der Waals surface area contributed by atoms with Crippen molar-refractivity contribution in [2.45, 2.75) is 13.3 Å². The molecule has 1 N–H and O–H groups in total. The number of hydrogen-bond donors (Lipinski definition) is 1. The lowest BCUT2D eigenvalue weighted by molar-refractivity contribution is 0.476. The second-order valence-electron chi connectivity index (χ2n) is 3.30. The van der Waals surface area contributed by atoms with Gasteiger partial charge in [0.25, 0.3) is 0 Å². The minimum atomic E-state index is -0.176. The number of phenolic OH excluding ortho intramolecular Hbond substituents is 1. The van der Waals surface area contributed by atoms with E-state index >= 15 is 0 Å². The fraction of sp³-hybridized carbons (Fsp3) is 0.167. The van der Waals surface area contributed by atoms with E-state index in [1.165, 1.54) is 6.07 Å². The molecule has 0 aliphatic rings. The van der Waals surface area contributed by atoms with Crippen molar-refractivity contribution in [2.75, 3.05) is 0 Å². The van der Waals surface area contributed by atoms with Crippen LogP contribution in [0.25, 0.3) is 10.8 Å². The summed E-state index contributed by atoms with van der Waals surface area (Å²) >= 11 is 0. The third-order valence-electron chi connectivity index (χ3n) is 2.40. The predicted octanol–water partition coefficient (Wildman–Crippen LogP) is 3.25. The molecule has 0 atom stereocenters. The van der Waals surface area contributed by atoms with Crippen LogP contribution < -0.4 is 0 Å². The monoisotopic (exact) mass is 190 g/mol. The lowest BCUT2D eigenvalue weighted by atomic mass is 10.0. The van der Waals surface area contributed by atoms with Crippen molar-refractivity contribution in [2.24, 2.45) is 0 Å². The first-order valence-electron chi connectivity index (χ1n) is 4.62. The van der Waals surface area contributed by atoms with Crippen molar-refractivity contribution in [3.63, 3.8) is 0 Å². The van der Waals surface area contributed by atoms with Gasteiger partial charge in [0.2, 0.25) is 0 Å². The van der Waals surface area contributed by atoms with Crippen LogP contribution in [0.15, 0.2) is 30.3 Å². The zero-order chi connectivity index (χ0) is 10.1. The minimum absolute atomic E-state index is 0.168. The first-order chi connectivity index (χ1) is 6.72. The topological polar surface area (TPSA) is 20.2 Å². The van der Waals surface area contributed by atoms with E-state index in [0.29, 0.717) is 17.4 Å². The number of halogens is 1. The second-order valence-corrected chi connectivity index (χ2v) is 3.30. The number of aromatic hydroxyl groups is 1. The van der Waals surface area contributed by atoms with Crippen LogP contribution in [0.5, 0.6) is 5.75 Å². The lowest BCUT2D eigenvalue weighted by Gasteiger charge is -2.04. The molecule has 0 heterocycles. The zero-order valence-corrected chi connectivity index (χ0v) is 7.92. The van der Waals surface area contributed by atoms with Crippen molar-refractivity contribution in [1.29, 1.82) is 0 Å². The van der Waals surface area contributed by atoms with Gasteiger partial charge in [-0.05, 0) is 35.6 Å². The Hall–Kier alpha value is -1.57. The number of fused-ring (bicyclic) bond motifs is 1. The van der Waals surface area contributed by atoms with Crippen molar-refractivity contribution in [3.05, 3.63) is 41.7 Å². The van der Waals surface area contributed by atoms with Gasteiger partial charge in [0, 0.05) is 5.39 Å². The molecule has 0 aromatic heterocycles. The summed E-state index contributed by atoms with van der Waals surface area (Å²) in [5.74, 6) is -0.00820. The van der Waals surface area contributed by atoms with Crippen molar-refractivity contribution < 1.29 is 9.50 Å². The van der Waals surface area contributed by atoms with Crippen LogP contribution in [0.1, 0.15) is 12.5 Å². The molecule has 0 saturated heterocycles. The molecule has 1 nitrogen and oxygen atoms in total. The van der Waals surface area contributed by atoms with Gasteiger partial charge >= 0.3 is 0 Å². The van der Waals surface area contributed by atoms with Gasteiger partial charge in [0.05, 0.1) is 0 Å². The molecule has 0 unspecified atom stereocenters. The Morgan fingerprint density at radius 1 is 1.21 bits per heavy atom. The molecule has 2 heteroatoms. The Bertz CT molecular complexity index is 477. The van der Waals surface area contributed by atoms with Crippen LogP contribution in [0.2, 0.25) is 0 Å². The molecular formula is C12H11FO. The smallest absolute Gasteiger partial charge is 0.134 e. The molecule has 0 aliphatic heterocycles.